The Morgan fingerprint density at radius 3 is 1.42 bits per heavy atom. The molecule has 0 amide bonds. The molecule has 436 valence electrons. The molecule has 4 nitrogen and oxygen atoms in total. The van der Waals surface area contributed by atoms with E-state index in [-0.39, 0.29) is 50.0 Å². The Bertz CT molecular complexity index is 4150. The second-order valence-electron chi connectivity index (χ2n) is 33.0. The van der Waals surface area contributed by atoms with Crippen molar-refractivity contribution in [2.45, 2.75) is 208 Å². The van der Waals surface area contributed by atoms with Gasteiger partial charge in [0.15, 0.2) is 0 Å². The van der Waals surface area contributed by atoms with Gasteiger partial charge < -0.3 is 19.1 Å². The molecular formula is C80H92BN3O. The highest BCUT2D eigenvalue weighted by Crippen LogP contribution is 2.56. The summed E-state index contributed by atoms with van der Waals surface area (Å²) >= 11 is 0. The minimum Gasteiger partial charge on any atom is -0.456 e. The lowest BCUT2D eigenvalue weighted by Gasteiger charge is -2.47. The average Bonchev–Trinajstić information content (AvgIpc) is 1.53. The number of fused-ring (bicyclic) bond motifs is 9. The molecular weight excluding hydrogens is 1030 g/mol. The predicted octanol–water partition coefficient (Wildman–Crippen LogP) is 20.9. The van der Waals surface area contributed by atoms with Crippen LogP contribution in [0.3, 0.4) is 0 Å². The van der Waals surface area contributed by atoms with Crippen molar-refractivity contribution in [3.8, 4) is 0 Å². The first kappa shape index (κ1) is 57.1. The topological polar surface area (TPSA) is 22.9 Å². The van der Waals surface area contributed by atoms with Crippen LogP contribution in [0.1, 0.15) is 208 Å². The molecule has 0 fully saturated rings. The third-order valence-corrected chi connectivity index (χ3v) is 20.6. The van der Waals surface area contributed by atoms with Crippen molar-refractivity contribution in [1.82, 2.24) is 0 Å². The second-order valence-corrected chi connectivity index (χ2v) is 33.0. The minimum atomic E-state index is -0.200. The molecule has 85 heavy (non-hydrogen) atoms. The van der Waals surface area contributed by atoms with Gasteiger partial charge in [-0.1, -0.05) is 199 Å². The smallest absolute Gasteiger partial charge is 0.252 e. The molecule has 0 N–H and O–H groups in total. The Balaban J connectivity index is 1.16. The van der Waals surface area contributed by atoms with E-state index in [0.29, 0.717) is 0 Å². The molecule has 5 heteroatoms. The Morgan fingerprint density at radius 2 is 0.871 bits per heavy atom. The highest BCUT2D eigenvalue weighted by atomic mass is 16.3. The number of hydrogen-bond donors (Lipinski definition) is 0. The van der Waals surface area contributed by atoms with E-state index in [2.05, 4.69) is 300 Å². The molecule has 0 radical (unpaired) electrons. The zero-order chi connectivity index (χ0) is 60.8. The maximum Gasteiger partial charge on any atom is 0.252 e. The number of hydrogen-bond acceptors (Lipinski definition) is 4. The van der Waals surface area contributed by atoms with Crippen LogP contribution in [0, 0.1) is 6.92 Å². The van der Waals surface area contributed by atoms with E-state index in [0.717, 1.165) is 57.5 Å². The lowest BCUT2D eigenvalue weighted by Crippen LogP contribution is -2.61. The summed E-state index contributed by atoms with van der Waals surface area (Å²) in [7, 11) is 0. The first-order valence-corrected chi connectivity index (χ1v) is 31.8. The summed E-state index contributed by atoms with van der Waals surface area (Å²) < 4.78 is 7.04. The molecule has 1 aromatic heterocycles. The van der Waals surface area contributed by atoms with Crippen molar-refractivity contribution >= 4 is 96.2 Å². The minimum absolute atomic E-state index is 0.00929. The number of aryl methyl sites for hydroxylation is 1. The van der Waals surface area contributed by atoms with Crippen LogP contribution in [0.25, 0.3) is 21.9 Å². The molecule has 0 saturated heterocycles. The zero-order valence-corrected chi connectivity index (χ0v) is 55.2. The monoisotopic (exact) mass is 1120 g/mol. The number of anilines is 9. The molecule has 0 atom stereocenters. The van der Waals surface area contributed by atoms with Crippen molar-refractivity contribution in [2.75, 3.05) is 14.7 Å². The maximum atomic E-state index is 7.04. The summed E-state index contributed by atoms with van der Waals surface area (Å²) in [6, 6.07) is 55.5. The predicted molar refractivity (Wildman–Crippen MR) is 368 cm³/mol. The van der Waals surface area contributed by atoms with Gasteiger partial charge in [0.2, 0.25) is 0 Å². The van der Waals surface area contributed by atoms with Crippen molar-refractivity contribution < 1.29 is 4.42 Å². The van der Waals surface area contributed by atoms with Crippen molar-refractivity contribution in [3.05, 3.63) is 190 Å². The van der Waals surface area contributed by atoms with Gasteiger partial charge in [-0.2, -0.15) is 0 Å². The highest BCUT2D eigenvalue weighted by Gasteiger charge is 2.50. The molecule has 3 heterocycles. The van der Waals surface area contributed by atoms with E-state index >= 15 is 0 Å². The quantitative estimate of drug-likeness (QED) is 0.160. The molecule has 0 saturated carbocycles. The molecule has 2 aliphatic carbocycles. The van der Waals surface area contributed by atoms with E-state index in [1.807, 2.05) is 0 Å². The van der Waals surface area contributed by atoms with Gasteiger partial charge in [-0.05, 0) is 215 Å². The Morgan fingerprint density at radius 1 is 0.400 bits per heavy atom. The van der Waals surface area contributed by atoms with Crippen molar-refractivity contribution in [2.24, 2.45) is 0 Å². The maximum absolute atomic E-state index is 7.04. The van der Waals surface area contributed by atoms with Crippen LogP contribution < -0.4 is 31.1 Å². The molecule has 2 aliphatic heterocycles. The van der Waals surface area contributed by atoms with Crippen LogP contribution in [0.4, 0.5) is 51.2 Å². The summed E-state index contributed by atoms with van der Waals surface area (Å²) in [6.07, 6.45) is 3.42. The van der Waals surface area contributed by atoms with Crippen molar-refractivity contribution in [1.29, 1.82) is 0 Å². The highest BCUT2D eigenvalue weighted by molar-refractivity contribution is 7.00. The van der Waals surface area contributed by atoms with E-state index in [9.17, 15) is 0 Å². The standard InChI is InChI=1S/C80H92BN3O/c1-48-39-57-59(78(16,17)38-37-77(57,14)15)45-64(48)84-66-46-60-58(79(18,19)47-80(60,20)21)44-62(66)81-61-36-34-55(82(53-30-25-49(26-31-53)73(2,3)4)54-32-27-50(28-33-54)74(5,6)7)43-65(61)83(67-40-52(76(11,12)13)41-68(84)72(67)81)63-23-22-24-69-71(63)56-35-29-51(75(8,9)10)42-70(56)85-69/h22-36,39-46H,37-38,47H2,1-21H3. The molecule has 8 aromatic carbocycles. The van der Waals surface area contributed by atoms with E-state index < -0.39 is 0 Å². The van der Waals surface area contributed by atoms with Gasteiger partial charge in [-0.15, -0.1) is 0 Å². The first-order chi connectivity index (χ1) is 39.5. The van der Waals surface area contributed by atoms with E-state index in [1.54, 1.807) is 0 Å². The average molecular weight is 1120 g/mol. The molecule has 13 rings (SSSR count). The molecule has 0 unspecified atom stereocenters. The van der Waals surface area contributed by atoms with Crippen LogP contribution >= 0.6 is 0 Å². The van der Waals surface area contributed by atoms with Gasteiger partial charge in [-0.3, -0.25) is 0 Å². The van der Waals surface area contributed by atoms with E-state index in [1.165, 1.54) is 101 Å². The lowest BCUT2D eigenvalue weighted by atomic mass is 9.33. The molecule has 0 bridgehead atoms. The SMILES string of the molecule is Cc1cc2c(cc1N1c3cc4c(cc3B3c5ccc(N(c6ccc(C(C)(C)C)cc6)c6ccc(C(C)(C)C)cc6)cc5N(c5cccc6oc7cc(C(C)(C)C)ccc7c56)c5cc(C(C)(C)C)cc1c53)C(C)(C)CC4(C)C)C(C)(C)CCC2(C)C. The molecule has 4 aliphatic rings. The fourth-order valence-corrected chi connectivity index (χ4v) is 15.6. The number of nitrogens with zero attached hydrogens (tertiary/aromatic N) is 3. The summed E-state index contributed by atoms with van der Waals surface area (Å²) in [5.41, 5.74) is 28.8. The number of benzene rings is 8. The van der Waals surface area contributed by atoms with Crippen LogP contribution in [-0.2, 0) is 43.3 Å². The normalized spacial score (nSPS) is 17.4. The number of rotatable bonds is 5. The number of furan rings is 1. The van der Waals surface area contributed by atoms with Crippen LogP contribution in [0.2, 0.25) is 0 Å². The van der Waals surface area contributed by atoms with Gasteiger partial charge in [0.25, 0.3) is 6.71 Å². The zero-order valence-electron chi connectivity index (χ0n) is 55.2. The van der Waals surface area contributed by atoms with E-state index in [4.69, 9.17) is 4.42 Å². The van der Waals surface area contributed by atoms with Crippen LogP contribution in [0.15, 0.2) is 144 Å². The van der Waals surface area contributed by atoms with Crippen LogP contribution in [0.5, 0.6) is 0 Å². The van der Waals surface area contributed by atoms with Gasteiger partial charge in [0, 0.05) is 50.9 Å². The third kappa shape index (κ3) is 9.12. The lowest BCUT2D eigenvalue weighted by molar-refractivity contribution is 0.332. The summed E-state index contributed by atoms with van der Waals surface area (Å²) in [6.45, 7) is 50.0. The Kier molecular flexibility index (Phi) is 12.4. The second kappa shape index (κ2) is 18.5. The summed E-state index contributed by atoms with van der Waals surface area (Å²) in [5.74, 6) is 0. The fourth-order valence-electron chi connectivity index (χ4n) is 15.6. The van der Waals surface area contributed by atoms with Gasteiger partial charge >= 0.3 is 0 Å². The fraction of sp³-hybridized carbons (Fsp3) is 0.400. The largest absolute Gasteiger partial charge is 0.456 e. The molecule has 9 aromatic rings. The third-order valence-electron chi connectivity index (χ3n) is 20.6. The van der Waals surface area contributed by atoms with Crippen LogP contribution in [-0.4, -0.2) is 6.71 Å². The molecule has 0 spiro atoms. The van der Waals surface area contributed by atoms with Gasteiger partial charge in [0.05, 0.1) is 11.1 Å². The summed E-state index contributed by atoms with van der Waals surface area (Å²) in [5, 5.41) is 2.25. The Hall–Kier alpha value is -6.98. The first-order valence-electron chi connectivity index (χ1n) is 31.8. The van der Waals surface area contributed by atoms with Gasteiger partial charge in [-0.25, -0.2) is 0 Å². The Labute approximate surface area is 510 Å². The summed E-state index contributed by atoms with van der Waals surface area (Å²) in [4.78, 5) is 7.90. The van der Waals surface area contributed by atoms with Crippen molar-refractivity contribution in [3.63, 3.8) is 0 Å². The van der Waals surface area contributed by atoms with Gasteiger partial charge in [0.1, 0.15) is 11.2 Å².